The van der Waals surface area contributed by atoms with Gasteiger partial charge in [-0.3, -0.25) is 24.4 Å². The molecule has 0 aliphatic carbocycles. The second-order valence-electron chi connectivity index (χ2n) is 11.2. The van der Waals surface area contributed by atoms with Crippen LogP contribution in [0.3, 0.4) is 0 Å². The fourth-order valence-electron chi connectivity index (χ4n) is 4.22. The van der Waals surface area contributed by atoms with Crippen LogP contribution < -0.4 is 16.5 Å². The Hall–Kier alpha value is -2.79. The second kappa shape index (κ2) is 13.1. The summed E-state index contributed by atoms with van der Waals surface area (Å²) in [5.74, 6) is -0.998. The summed E-state index contributed by atoms with van der Waals surface area (Å²) < 4.78 is 7.77. The molecule has 2 aromatic rings. The molecule has 37 heavy (non-hydrogen) atoms. The first kappa shape index (κ1) is 30.4. The Labute approximate surface area is 218 Å². The fraction of sp³-hybridized carbons (Fsp3) is 0.593. The maximum absolute atomic E-state index is 13.6. The van der Waals surface area contributed by atoms with Crippen LogP contribution in [0.25, 0.3) is 10.9 Å². The Bertz CT molecular complexity index is 1120. The largest absolute Gasteiger partial charge is 0.370 e. The lowest BCUT2D eigenvalue weighted by atomic mass is 9.84. The van der Waals surface area contributed by atoms with Gasteiger partial charge >= 0.3 is 0 Å². The highest BCUT2D eigenvalue weighted by atomic mass is 16.8. The van der Waals surface area contributed by atoms with Gasteiger partial charge in [-0.15, -0.1) is 0 Å². The van der Waals surface area contributed by atoms with E-state index in [1.807, 2.05) is 52.8 Å². The van der Waals surface area contributed by atoms with Gasteiger partial charge in [0.1, 0.15) is 6.04 Å². The average Bonchev–Trinajstić information content (AvgIpc) is 2.82. The molecule has 10 heteroatoms. The first-order chi connectivity index (χ1) is 17.3. The van der Waals surface area contributed by atoms with E-state index in [0.29, 0.717) is 6.42 Å². The molecule has 1 unspecified atom stereocenters. The van der Waals surface area contributed by atoms with Gasteiger partial charge in [0, 0.05) is 27.2 Å². The lowest BCUT2D eigenvalue weighted by Gasteiger charge is -2.35. The number of rotatable bonds is 12. The molecule has 0 saturated heterocycles. The normalized spacial score (nSPS) is 14.4. The van der Waals surface area contributed by atoms with Gasteiger partial charge in [0.2, 0.25) is 11.8 Å². The van der Waals surface area contributed by atoms with Crippen molar-refractivity contribution in [1.82, 2.24) is 20.4 Å². The molecule has 3 N–H and O–H groups in total. The Morgan fingerprint density at radius 2 is 1.81 bits per heavy atom. The van der Waals surface area contributed by atoms with Crippen molar-refractivity contribution in [2.75, 3.05) is 20.7 Å². The summed E-state index contributed by atoms with van der Waals surface area (Å²) >= 11 is 0. The van der Waals surface area contributed by atoms with E-state index in [1.54, 1.807) is 37.4 Å². The molecule has 0 spiro atoms. The number of hydrogen-bond acceptors (Lipinski definition) is 7. The van der Waals surface area contributed by atoms with Crippen LogP contribution in [-0.4, -0.2) is 59.3 Å². The Morgan fingerprint density at radius 3 is 2.38 bits per heavy atom. The summed E-state index contributed by atoms with van der Waals surface area (Å²) in [7, 11) is 5.04. The highest BCUT2D eigenvalue weighted by Gasteiger charge is 2.38. The zero-order valence-corrected chi connectivity index (χ0v) is 23.2. The molecule has 2 amide bonds. The minimum Gasteiger partial charge on any atom is -0.370 e. The van der Waals surface area contributed by atoms with Crippen LogP contribution >= 0.6 is 0 Å². The van der Waals surface area contributed by atoms with Crippen molar-refractivity contribution < 1.29 is 24.4 Å². The van der Waals surface area contributed by atoms with E-state index in [0.717, 1.165) is 16.5 Å². The fourth-order valence-corrected chi connectivity index (χ4v) is 4.22. The highest BCUT2D eigenvalue weighted by molar-refractivity contribution is 5.89. The number of nitrogens with one attached hydrogen (secondary N) is 2. The summed E-state index contributed by atoms with van der Waals surface area (Å²) in [6.07, 6.45) is -0.231. The third-order valence-corrected chi connectivity index (χ3v) is 6.32. The number of likely N-dealkylation sites (N-methyl/N-ethyl adjacent to an activating group) is 1. The predicted molar refractivity (Wildman–Crippen MR) is 142 cm³/mol. The van der Waals surface area contributed by atoms with Gasteiger partial charge in [-0.25, -0.2) is 0 Å². The number of carbonyl (C=O) groups excluding carboxylic acids is 2. The van der Waals surface area contributed by atoms with Crippen molar-refractivity contribution in [1.29, 1.82) is 0 Å². The molecule has 2 rings (SSSR count). The van der Waals surface area contributed by atoms with E-state index in [-0.39, 0.29) is 36.5 Å². The van der Waals surface area contributed by atoms with Crippen LogP contribution in [0.5, 0.6) is 0 Å². The Balaban J connectivity index is 2.31. The number of amides is 2. The number of ether oxygens (including phenoxy) is 1. The summed E-state index contributed by atoms with van der Waals surface area (Å²) in [4.78, 5) is 44.9. The second-order valence-corrected chi connectivity index (χ2v) is 11.2. The monoisotopic (exact) mass is 518 g/mol. The van der Waals surface area contributed by atoms with E-state index in [2.05, 4.69) is 5.32 Å². The smallest absolute Gasteiger partial charge is 0.250 e. The summed E-state index contributed by atoms with van der Waals surface area (Å²) in [6, 6.07) is 8.21. The van der Waals surface area contributed by atoms with Crippen molar-refractivity contribution in [2.45, 2.75) is 59.8 Å². The van der Waals surface area contributed by atoms with E-state index in [1.165, 1.54) is 11.0 Å². The van der Waals surface area contributed by atoms with Gasteiger partial charge in [0.15, 0.2) is 0 Å². The zero-order valence-electron chi connectivity index (χ0n) is 23.2. The van der Waals surface area contributed by atoms with Crippen LogP contribution in [0.15, 0.2) is 35.1 Å². The summed E-state index contributed by atoms with van der Waals surface area (Å²) in [5.41, 5.74) is 2.73. The van der Waals surface area contributed by atoms with E-state index in [4.69, 9.17) is 14.8 Å². The lowest BCUT2D eigenvalue weighted by Crippen LogP contribution is -2.56. The van der Waals surface area contributed by atoms with Crippen LogP contribution in [-0.2, 0) is 32.8 Å². The standard InChI is InChI=1S/C27H42N4O6/c1-17(2)13-20(25(33)28-24(27(3,4)5)26(34)30(6)7)22(16-37-29-35)36-15-18-9-11-21-19(14-18)10-12-23(32)31(21)8/h9-12,14,17,20,22,24,29,35H,13,15-16H2,1-8H3,(H,28,33)/t20-,22?,24-/m1/s1. The molecule has 0 aliphatic rings. The maximum atomic E-state index is 13.6. The molecule has 0 saturated carbocycles. The molecule has 1 aromatic heterocycles. The number of hydrogen-bond donors (Lipinski definition) is 3. The van der Waals surface area contributed by atoms with Crippen molar-refractivity contribution in [3.05, 3.63) is 46.2 Å². The molecule has 10 nitrogen and oxygen atoms in total. The molecule has 3 atom stereocenters. The number of benzene rings is 1. The van der Waals surface area contributed by atoms with Gasteiger partial charge in [0.05, 0.1) is 30.8 Å². The highest BCUT2D eigenvalue weighted by Crippen LogP contribution is 2.25. The number of pyridine rings is 1. The molecule has 1 heterocycles. The first-order valence-electron chi connectivity index (χ1n) is 12.5. The Kier molecular flexibility index (Phi) is 10.8. The number of carbonyl (C=O) groups is 2. The van der Waals surface area contributed by atoms with Crippen molar-refractivity contribution in [3.8, 4) is 0 Å². The average molecular weight is 519 g/mol. The molecule has 0 fully saturated rings. The zero-order chi connectivity index (χ0) is 27.9. The van der Waals surface area contributed by atoms with Crippen molar-refractivity contribution in [3.63, 3.8) is 0 Å². The number of fused-ring (bicyclic) bond motifs is 1. The van der Waals surface area contributed by atoms with Crippen molar-refractivity contribution in [2.24, 2.45) is 24.3 Å². The Morgan fingerprint density at radius 1 is 1.14 bits per heavy atom. The van der Waals surface area contributed by atoms with E-state index < -0.39 is 23.5 Å². The van der Waals surface area contributed by atoms with E-state index >= 15 is 0 Å². The predicted octanol–water partition coefficient (Wildman–Crippen LogP) is 2.62. The minimum absolute atomic E-state index is 0.0888. The lowest BCUT2D eigenvalue weighted by molar-refractivity contribution is -0.170. The summed E-state index contributed by atoms with van der Waals surface area (Å²) in [6.45, 7) is 9.80. The van der Waals surface area contributed by atoms with Crippen LogP contribution in [0, 0.1) is 17.3 Å². The van der Waals surface area contributed by atoms with Crippen LogP contribution in [0.1, 0.15) is 46.6 Å². The molecule has 0 aliphatic heterocycles. The van der Waals surface area contributed by atoms with Gasteiger partial charge in [0.25, 0.3) is 5.56 Å². The topological polar surface area (TPSA) is 122 Å². The summed E-state index contributed by atoms with van der Waals surface area (Å²) in [5, 5.41) is 12.9. The number of nitrogens with zero attached hydrogens (tertiary/aromatic N) is 2. The third kappa shape index (κ3) is 8.36. The number of aromatic nitrogens is 1. The SMILES string of the molecule is CC(C)C[C@@H](C(=O)N[C@H](C(=O)N(C)C)C(C)(C)C)C(CONO)OCc1ccc2c(ccc(=O)n2C)c1. The maximum Gasteiger partial charge on any atom is 0.250 e. The molecule has 0 bridgehead atoms. The van der Waals surface area contributed by atoms with E-state index in [9.17, 15) is 14.4 Å². The van der Waals surface area contributed by atoms with Gasteiger partial charge in [-0.1, -0.05) is 46.3 Å². The van der Waals surface area contributed by atoms with Crippen molar-refractivity contribution >= 4 is 22.7 Å². The van der Waals surface area contributed by atoms with Crippen LogP contribution in [0.2, 0.25) is 0 Å². The molecule has 1 aromatic carbocycles. The molecular weight excluding hydrogens is 476 g/mol. The van der Waals surface area contributed by atoms with Gasteiger partial charge in [-0.05, 0) is 46.9 Å². The quantitative estimate of drug-likeness (QED) is 0.369. The first-order valence-corrected chi connectivity index (χ1v) is 12.5. The van der Waals surface area contributed by atoms with Gasteiger partial charge < -0.3 is 19.5 Å². The molecular formula is C27H42N4O6. The van der Waals surface area contributed by atoms with Crippen LogP contribution in [0.4, 0.5) is 0 Å². The molecule has 206 valence electrons. The minimum atomic E-state index is -0.727. The number of aryl methyl sites for hydroxylation is 1. The van der Waals surface area contributed by atoms with Gasteiger partial charge in [-0.2, -0.15) is 0 Å². The molecule has 0 radical (unpaired) electrons. The third-order valence-electron chi connectivity index (χ3n) is 6.32.